The van der Waals surface area contributed by atoms with Crippen molar-refractivity contribution in [1.82, 2.24) is 4.98 Å². The summed E-state index contributed by atoms with van der Waals surface area (Å²) in [6.07, 6.45) is 0.624. The van der Waals surface area contributed by atoms with Gasteiger partial charge in [0.1, 0.15) is 17.5 Å². The molecule has 0 saturated carbocycles. The Morgan fingerprint density at radius 1 is 1.00 bits per heavy atom. The average Bonchev–Trinajstić information content (AvgIpc) is 2.25. The Morgan fingerprint density at radius 2 is 1.65 bits per heavy atom. The normalized spacial score (nSPS) is 9.71. The number of rotatable bonds is 2. The quantitative estimate of drug-likeness (QED) is 0.864. The van der Waals surface area contributed by atoms with Crippen LogP contribution in [0.1, 0.15) is 11.1 Å². The Kier molecular flexibility index (Phi) is 4.29. The SMILES string of the molecule is Cl.Nc1ccc(Cc2ccc(F)cc2)c(N)n1. The van der Waals surface area contributed by atoms with Crippen LogP contribution in [0.2, 0.25) is 0 Å². The minimum absolute atomic E-state index is 0. The number of hydrogen-bond acceptors (Lipinski definition) is 3. The zero-order valence-corrected chi connectivity index (χ0v) is 9.88. The fourth-order valence-corrected chi connectivity index (χ4v) is 1.49. The third-order valence-corrected chi connectivity index (χ3v) is 2.34. The summed E-state index contributed by atoms with van der Waals surface area (Å²) < 4.78 is 12.7. The first-order chi connectivity index (χ1) is 7.65. The van der Waals surface area contributed by atoms with E-state index in [1.54, 1.807) is 18.2 Å². The van der Waals surface area contributed by atoms with Crippen LogP contribution in [-0.4, -0.2) is 4.98 Å². The number of hydrogen-bond donors (Lipinski definition) is 2. The smallest absolute Gasteiger partial charge is 0.129 e. The van der Waals surface area contributed by atoms with Crippen molar-refractivity contribution in [1.29, 1.82) is 0 Å². The molecule has 0 fully saturated rings. The molecule has 0 amide bonds. The van der Waals surface area contributed by atoms with Crippen molar-refractivity contribution in [3.8, 4) is 0 Å². The van der Waals surface area contributed by atoms with Crippen LogP contribution in [0.25, 0.3) is 0 Å². The molecule has 5 heteroatoms. The molecule has 17 heavy (non-hydrogen) atoms. The molecule has 0 radical (unpaired) electrons. The summed E-state index contributed by atoms with van der Waals surface area (Å²) in [4.78, 5) is 3.97. The fourth-order valence-electron chi connectivity index (χ4n) is 1.49. The lowest BCUT2D eigenvalue weighted by Crippen LogP contribution is -2.01. The van der Waals surface area contributed by atoms with E-state index >= 15 is 0 Å². The monoisotopic (exact) mass is 253 g/mol. The van der Waals surface area contributed by atoms with E-state index in [0.717, 1.165) is 11.1 Å². The maximum atomic E-state index is 12.7. The predicted octanol–water partition coefficient (Wildman–Crippen LogP) is 2.40. The lowest BCUT2D eigenvalue weighted by atomic mass is 10.1. The first kappa shape index (κ1) is 13.3. The van der Waals surface area contributed by atoms with Crippen LogP contribution in [0, 0.1) is 5.82 Å². The largest absolute Gasteiger partial charge is 0.384 e. The van der Waals surface area contributed by atoms with Crippen LogP contribution in [0.4, 0.5) is 16.0 Å². The molecule has 2 aromatic rings. The summed E-state index contributed by atoms with van der Waals surface area (Å²) in [7, 11) is 0. The third kappa shape index (κ3) is 3.32. The zero-order valence-electron chi connectivity index (χ0n) is 9.06. The Bertz CT molecular complexity index is 500. The van der Waals surface area contributed by atoms with Crippen molar-refractivity contribution in [3.05, 3.63) is 53.3 Å². The van der Waals surface area contributed by atoms with Crippen LogP contribution in [0.5, 0.6) is 0 Å². The predicted molar refractivity (Wildman–Crippen MR) is 69.5 cm³/mol. The van der Waals surface area contributed by atoms with Crippen LogP contribution in [0.15, 0.2) is 36.4 Å². The summed E-state index contributed by atoms with van der Waals surface area (Å²) in [5, 5.41) is 0. The minimum atomic E-state index is -0.243. The number of anilines is 2. The Labute approximate surface area is 105 Å². The second kappa shape index (κ2) is 5.50. The van der Waals surface area contributed by atoms with Gasteiger partial charge in [-0.1, -0.05) is 18.2 Å². The molecule has 1 aromatic carbocycles. The highest BCUT2D eigenvalue weighted by Crippen LogP contribution is 2.16. The maximum absolute atomic E-state index is 12.7. The van der Waals surface area contributed by atoms with Gasteiger partial charge in [0.05, 0.1) is 0 Å². The minimum Gasteiger partial charge on any atom is -0.384 e. The number of benzene rings is 1. The van der Waals surface area contributed by atoms with Crippen molar-refractivity contribution < 1.29 is 4.39 Å². The van der Waals surface area contributed by atoms with E-state index in [4.69, 9.17) is 11.5 Å². The highest BCUT2D eigenvalue weighted by Gasteiger charge is 2.02. The number of pyridine rings is 1. The first-order valence-electron chi connectivity index (χ1n) is 4.90. The first-order valence-corrected chi connectivity index (χ1v) is 4.90. The number of nitrogen functional groups attached to an aromatic ring is 2. The topological polar surface area (TPSA) is 64.9 Å². The van der Waals surface area contributed by atoms with Crippen LogP contribution in [-0.2, 0) is 6.42 Å². The van der Waals surface area contributed by atoms with Gasteiger partial charge in [-0.2, -0.15) is 0 Å². The van der Waals surface area contributed by atoms with Gasteiger partial charge in [-0.25, -0.2) is 9.37 Å². The van der Waals surface area contributed by atoms with E-state index in [0.29, 0.717) is 18.1 Å². The van der Waals surface area contributed by atoms with Gasteiger partial charge in [0.15, 0.2) is 0 Å². The molecule has 0 atom stereocenters. The van der Waals surface area contributed by atoms with E-state index in [-0.39, 0.29) is 18.2 Å². The summed E-state index contributed by atoms with van der Waals surface area (Å²) in [6, 6.07) is 9.85. The molecular weight excluding hydrogens is 241 g/mol. The number of halogens is 2. The van der Waals surface area contributed by atoms with Crippen molar-refractivity contribution in [2.75, 3.05) is 11.5 Å². The molecule has 1 aromatic heterocycles. The molecule has 0 aliphatic rings. The van der Waals surface area contributed by atoms with Crippen molar-refractivity contribution >= 4 is 24.0 Å². The molecule has 0 spiro atoms. The summed E-state index contributed by atoms with van der Waals surface area (Å²) in [5.41, 5.74) is 13.1. The second-order valence-electron chi connectivity index (χ2n) is 3.58. The molecule has 0 aliphatic carbocycles. The second-order valence-corrected chi connectivity index (χ2v) is 3.58. The van der Waals surface area contributed by atoms with Gasteiger partial charge in [-0.3, -0.25) is 0 Å². The van der Waals surface area contributed by atoms with Crippen LogP contribution < -0.4 is 11.5 Å². The van der Waals surface area contributed by atoms with Crippen molar-refractivity contribution in [2.24, 2.45) is 0 Å². The van der Waals surface area contributed by atoms with Crippen molar-refractivity contribution in [3.63, 3.8) is 0 Å². The van der Waals surface area contributed by atoms with Crippen LogP contribution >= 0.6 is 12.4 Å². The van der Waals surface area contributed by atoms with E-state index in [1.165, 1.54) is 12.1 Å². The van der Waals surface area contributed by atoms with Gasteiger partial charge in [0.2, 0.25) is 0 Å². The lowest BCUT2D eigenvalue weighted by Gasteiger charge is -2.05. The Balaban J connectivity index is 0.00000144. The highest BCUT2D eigenvalue weighted by molar-refractivity contribution is 5.85. The molecule has 4 N–H and O–H groups in total. The molecular formula is C12H13ClFN3. The highest BCUT2D eigenvalue weighted by atomic mass is 35.5. The van der Waals surface area contributed by atoms with Crippen molar-refractivity contribution in [2.45, 2.75) is 6.42 Å². The zero-order chi connectivity index (χ0) is 11.5. The number of nitrogens with two attached hydrogens (primary N) is 2. The van der Waals surface area contributed by atoms with Gasteiger partial charge < -0.3 is 11.5 Å². The van der Waals surface area contributed by atoms with Gasteiger partial charge in [0.25, 0.3) is 0 Å². The van der Waals surface area contributed by atoms with E-state index in [9.17, 15) is 4.39 Å². The standard InChI is InChI=1S/C12H12FN3.ClH/c13-10-4-1-8(2-5-10)7-9-3-6-11(14)16-12(9)15;/h1-6H,7H2,(H4,14,15,16);1H. The molecule has 90 valence electrons. The van der Waals surface area contributed by atoms with Crippen LogP contribution in [0.3, 0.4) is 0 Å². The molecule has 0 unspecified atom stereocenters. The van der Waals surface area contributed by atoms with Gasteiger partial charge in [-0.05, 0) is 29.3 Å². The molecule has 0 aliphatic heterocycles. The molecule has 0 saturated heterocycles. The average molecular weight is 254 g/mol. The van der Waals surface area contributed by atoms with Gasteiger partial charge >= 0.3 is 0 Å². The summed E-state index contributed by atoms with van der Waals surface area (Å²) in [5.74, 6) is 0.580. The van der Waals surface area contributed by atoms with Gasteiger partial charge in [-0.15, -0.1) is 12.4 Å². The maximum Gasteiger partial charge on any atom is 0.129 e. The summed E-state index contributed by atoms with van der Waals surface area (Å²) in [6.45, 7) is 0. The third-order valence-electron chi connectivity index (χ3n) is 2.34. The van der Waals surface area contributed by atoms with E-state index < -0.39 is 0 Å². The van der Waals surface area contributed by atoms with E-state index in [2.05, 4.69) is 4.98 Å². The number of aromatic nitrogens is 1. The summed E-state index contributed by atoms with van der Waals surface area (Å²) >= 11 is 0. The molecule has 0 bridgehead atoms. The molecule has 2 rings (SSSR count). The fraction of sp³-hybridized carbons (Fsp3) is 0.0833. The molecule has 1 heterocycles. The molecule has 3 nitrogen and oxygen atoms in total. The lowest BCUT2D eigenvalue weighted by molar-refractivity contribution is 0.627. The Hall–Kier alpha value is -1.81. The number of nitrogens with zero attached hydrogens (tertiary/aromatic N) is 1. The van der Waals surface area contributed by atoms with E-state index in [1.807, 2.05) is 6.07 Å². The Morgan fingerprint density at radius 3 is 2.24 bits per heavy atom. The van der Waals surface area contributed by atoms with Gasteiger partial charge in [0, 0.05) is 6.42 Å².